The Labute approximate surface area is 150 Å². The van der Waals surface area contributed by atoms with E-state index in [1.807, 2.05) is 29.8 Å². The average Bonchev–Trinajstić information content (AvgIpc) is 3.26. The molecule has 0 bridgehead atoms. The predicted octanol–water partition coefficient (Wildman–Crippen LogP) is 3.17. The van der Waals surface area contributed by atoms with Crippen molar-refractivity contribution in [1.29, 1.82) is 0 Å². The first-order chi connectivity index (χ1) is 12.2. The number of nitrogens with zero attached hydrogens (tertiary/aromatic N) is 3. The summed E-state index contributed by atoms with van der Waals surface area (Å²) in [6.07, 6.45) is 5.19. The van der Waals surface area contributed by atoms with E-state index < -0.39 is 0 Å². The third-order valence-electron chi connectivity index (χ3n) is 4.93. The van der Waals surface area contributed by atoms with Gasteiger partial charge in [0.05, 0.1) is 17.8 Å². The zero-order chi connectivity index (χ0) is 17.6. The van der Waals surface area contributed by atoms with Gasteiger partial charge in [-0.25, -0.2) is 0 Å². The average molecular weight is 340 g/mol. The molecule has 0 spiro atoms. The molecule has 3 rings (SSSR count). The molecule has 25 heavy (non-hydrogen) atoms. The van der Waals surface area contributed by atoms with Gasteiger partial charge in [0.2, 0.25) is 0 Å². The van der Waals surface area contributed by atoms with E-state index in [-0.39, 0.29) is 11.9 Å². The Balaban J connectivity index is 1.76. The number of benzene rings is 1. The fourth-order valence-corrected chi connectivity index (χ4v) is 3.49. The van der Waals surface area contributed by atoms with Gasteiger partial charge in [0, 0.05) is 18.8 Å². The van der Waals surface area contributed by atoms with Gasteiger partial charge in [0.1, 0.15) is 0 Å². The second-order valence-corrected chi connectivity index (χ2v) is 6.81. The number of nitrogens with one attached hydrogen (secondary N) is 1. The minimum absolute atomic E-state index is 0.000671. The van der Waals surface area contributed by atoms with Crippen molar-refractivity contribution in [2.24, 2.45) is 0 Å². The first-order valence-electron chi connectivity index (χ1n) is 9.29. The van der Waals surface area contributed by atoms with E-state index in [4.69, 9.17) is 0 Å². The molecule has 5 nitrogen and oxygen atoms in total. The lowest BCUT2D eigenvalue weighted by atomic mass is 10.1. The molecule has 1 aromatic heterocycles. The van der Waals surface area contributed by atoms with Crippen LogP contribution in [0.2, 0.25) is 0 Å². The molecule has 2 heterocycles. The largest absolute Gasteiger partial charge is 0.344 e. The number of aryl methyl sites for hydroxylation is 1. The van der Waals surface area contributed by atoms with Crippen molar-refractivity contribution < 1.29 is 4.79 Å². The van der Waals surface area contributed by atoms with Crippen LogP contribution < -0.4 is 5.32 Å². The molecule has 1 fully saturated rings. The number of likely N-dealkylation sites (tertiary alicyclic amines) is 1. The van der Waals surface area contributed by atoms with Crippen LogP contribution in [-0.2, 0) is 6.54 Å². The van der Waals surface area contributed by atoms with E-state index in [0.717, 1.165) is 43.9 Å². The molecule has 2 aromatic rings. The van der Waals surface area contributed by atoms with Crippen LogP contribution in [0.25, 0.3) is 0 Å². The quantitative estimate of drug-likeness (QED) is 0.842. The Bertz CT molecular complexity index is 689. The van der Waals surface area contributed by atoms with Gasteiger partial charge in [-0.15, -0.1) is 0 Å². The van der Waals surface area contributed by atoms with Crippen LogP contribution in [-0.4, -0.2) is 40.2 Å². The molecular weight excluding hydrogens is 312 g/mol. The normalized spacial score (nSPS) is 16.1. The molecule has 0 unspecified atom stereocenters. The van der Waals surface area contributed by atoms with E-state index in [1.54, 1.807) is 6.20 Å². The van der Waals surface area contributed by atoms with Crippen molar-refractivity contribution in [1.82, 2.24) is 20.0 Å². The lowest BCUT2D eigenvalue weighted by molar-refractivity contribution is 0.0926. The third-order valence-corrected chi connectivity index (χ3v) is 4.93. The molecule has 0 aliphatic carbocycles. The first kappa shape index (κ1) is 17.7. The summed E-state index contributed by atoms with van der Waals surface area (Å²) >= 11 is 0. The molecule has 0 radical (unpaired) electrons. The fourth-order valence-electron chi connectivity index (χ4n) is 3.49. The van der Waals surface area contributed by atoms with E-state index in [2.05, 4.69) is 34.4 Å². The summed E-state index contributed by atoms with van der Waals surface area (Å²) in [5, 5.41) is 7.59. The molecule has 5 heteroatoms. The SMILES string of the molecule is CCCn1ncc(C(=O)N[C@@H](CN2CCCC2)c2ccccc2)c1C. The monoisotopic (exact) mass is 340 g/mol. The van der Waals surface area contributed by atoms with Crippen molar-refractivity contribution >= 4 is 5.91 Å². The maximum Gasteiger partial charge on any atom is 0.255 e. The Morgan fingerprint density at radius 3 is 2.64 bits per heavy atom. The Morgan fingerprint density at radius 2 is 1.96 bits per heavy atom. The first-order valence-corrected chi connectivity index (χ1v) is 9.29. The summed E-state index contributed by atoms with van der Waals surface area (Å²) in [4.78, 5) is 15.3. The van der Waals surface area contributed by atoms with Gasteiger partial charge in [-0.3, -0.25) is 9.48 Å². The Morgan fingerprint density at radius 1 is 1.24 bits per heavy atom. The second-order valence-electron chi connectivity index (χ2n) is 6.81. The van der Waals surface area contributed by atoms with E-state index >= 15 is 0 Å². The van der Waals surface area contributed by atoms with Gasteiger partial charge in [0.15, 0.2) is 0 Å². The van der Waals surface area contributed by atoms with Crippen molar-refractivity contribution in [3.8, 4) is 0 Å². The molecule has 1 atom stereocenters. The minimum atomic E-state index is -0.0343. The standard InChI is InChI=1S/C20H28N4O/c1-3-11-24-16(2)18(14-21-24)20(25)22-19(15-23-12-7-8-13-23)17-9-5-4-6-10-17/h4-6,9-10,14,19H,3,7-8,11-13,15H2,1-2H3,(H,22,25)/t19-/m0/s1. The van der Waals surface area contributed by atoms with Crippen molar-refractivity contribution in [2.45, 2.75) is 45.7 Å². The molecule has 1 amide bonds. The van der Waals surface area contributed by atoms with Gasteiger partial charge in [-0.1, -0.05) is 37.3 Å². The zero-order valence-electron chi connectivity index (χ0n) is 15.2. The maximum atomic E-state index is 12.9. The van der Waals surface area contributed by atoms with E-state index in [1.165, 1.54) is 12.8 Å². The van der Waals surface area contributed by atoms with Crippen molar-refractivity contribution in [3.05, 3.63) is 53.3 Å². The van der Waals surface area contributed by atoms with Crippen LogP contribution in [0.3, 0.4) is 0 Å². The number of hydrogen-bond acceptors (Lipinski definition) is 3. The minimum Gasteiger partial charge on any atom is -0.344 e. The number of carbonyl (C=O) groups excluding carboxylic acids is 1. The van der Waals surface area contributed by atoms with Crippen LogP contribution in [0.15, 0.2) is 36.5 Å². The highest BCUT2D eigenvalue weighted by Gasteiger charge is 2.22. The number of hydrogen-bond donors (Lipinski definition) is 1. The summed E-state index contributed by atoms with van der Waals surface area (Å²) in [5.74, 6) is -0.0343. The molecular formula is C20H28N4O. The van der Waals surface area contributed by atoms with Crippen molar-refractivity contribution in [3.63, 3.8) is 0 Å². The molecule has 1 N–H and O–H groups in total. The smallest absolute Gasteiger partial charge is 0.255 e. The lowest BCUT2D eigenvalue weighted by Gasteiger charge is -2.25. The number of aromatic nitrogens is 2. The Kier molecular flexibility index (Phi) is 5.87. The highest BCUT2D eigenvalue weighted by molar-refractivity contribution is 5.95. The fraction of sp³-hybridized carbons (Fsp3) is 0.500. The van der Waals surface area contributed by atoms with Crippen molar-refractivity contribution in [2.75, 3.05) is 19.6 Å². The highest BCUT2D eigenvalue weighted by atomic mass is 16.1. The van der Waals surface area contributed by atoms with Gasteiger partial charge >= 0.3 is 0 Å². The molecule has 1 aromatic carbocycles. The molecule has 134 valence electrons. The van der Waals surface area contributed by atoms with Gasteiger partial charge < -0.3 is 10.2 Å². The summed E-state index contributed by atoms with van der Waals surface area (Å²) in [6, 6.07) is 10.3. The maximum absolute atomic E-state index is 12.9. The molecule has 1 aliphatic rings. The molecule has 0 saturated carbocycles. The summed E-state index contributed by atoms with van der Waals surface area (Å²) in [7, 11) is 0. The second kappa shape index (κ2) is 8.30. The number of rotatable bonds is 7. The van der Waals surface area contributed by atoms with Crippen LogP contribution in [0.4, 0.5) is 0 Å². The topological polar surface area (TPSA) is 50.2 Å². The van der Waals surface area contributed by atoms with Crippen LogP contribution in [0.1, 0.15) is 53.8 Å². The van der Waals surface area contributed by atoms with Gasteiger partial charge in [-0.05, 0) is 44.8 Å². The van der Waals surface area contributed by atoms with Gasteiger partial charge in [-0.2, -0.15) is 5.10 Å². The van der Waals surface area contributed by atoms with Gasteiger partial charge in [0.25, 0.3) is 5.91 Å². The number of amides is 1. The third kappa shape index (κ3) is 4.28. The van der Waals surface area contributed by atoms with E-state index in [0.29, 0.717) is 5.56 Å². The lowest BCUT2D eigenvalue weighted by Crippen LogP contribution is -2.37. The molecule has 1 aliphatic heterocycles. The predicted molar refractivity (Wildman–Crippen MR) is 99.6 cm³/mol. The highest BCUT2D eigenvalue weighted by Crippen LogP contribution is 2.19. The number of carbonyl (C=O) groups is 1. The van der Waals surface area contributed by atoms with Crippen LogP contribution in [0.5, 0.6) is 0 Å². The van der Waals surface area contributed by atoms with E-state index in [9.17, 15) is 4.79 Å². The summed E-state index contributed by atoms with van der Waals surface area (Å²) in [6.45, 7) is 8.02. The summed E-state index contributed by atoms with van der Waals surface area (Å²) in [5.41, 5.74) is 2.77. The Hall–Kier alpha value is -2.14. The van der Waals surface area contributed by atoms with Crippen LogP contribution in [0, 0.1) is 6.92 Å². The zero-order valence-corrected chi connectivity index (χ0v) is 15.2. The summed E-state index contributed by atoms with van der Waals surface area (Å²) < 4.78 is 1.91. The molecule has 1 saturated heterocycles. The van der Waals surface area contributed by atoms with Crippen LogP contribution >= 0.6 is 0 Å².